The minimum Gasteiger partial charge on any atom is -0.396 e. The molecule has 6 nitrogen and oxygen atoms in total. The average molecular weight is 245 g/mol. The second kappa shape index (κ2) is 4.87. The van der Waals surface area contributed by atoms with Gasteiger partial charge >= 0.3 is 0 Å². The normalized spacial score (nSPS) is 10.3. The molecule has 0 spiro atoms. The van der Waals surface area contributed by atoms with E-state index in [1.54, 1.807) is 7.05 Å². The highest BCUT2D eigenvalue weighted by Crippen LogP contribution is 2.09. The summed E-state index contributed by atoms with van der Waals surface area (Å²) >= 11 is 0. The van der Waals surface area contributed by atoms with Gasteiger partial charge in [-0.15, -0.1) is 0 Å². The van der Waals surface area contributed by atoms with Gasteiger partial charge in [-0.1, -0.05) is 6.07 Å². The number of hydrogen-bond acceptors (Lipinski definition) is 4. The molecule has 0 aliphatic carbocycles. The van der Waals surface area contributed by atoms with Crippen LogP contribution in [0.3, 0.4) is 0 Å². The number of nitrogens with one attached hydrogen (secondary N) is 1. The van der Waals surface area contributed by atoms with Gasteiger partial charge in [-0.2, -0.15) is 5.10 Å². The number of anilines is 1. The van der Waals surface area contributed by atoms with Crippen molar-refractivity contribution in [1.82, 2.24) is 20.1 Å². The van der Waals surface area contributed by atoms with E-state index in [1.165, 1.54) is 10.9 Å². The van der Waals surface area contributed by atoms with Gasteiger partial charge in [-0.25, -0.2) is 0 Å². The quantitative estimate of drug-likeness (QED) is 0.830. The van der Waals surface area contributed by atoms with Crippen LogP contribution in [0.2, 0.25) is 0 Å². The van der Waals surface area contributed by atoms with Gasteiger partial charge < -0.3 is 11.1 Å². The van der Waals surface area contributed by atoms with Gasteiger partial charge in [0.15, 0.2) is 0 Å². The van der Waals surface area contributed by atoms with E-state index in [1.807, 2.05) is 25.1 Å². The molecule has 1 amide bonds. The number of aryl methyl sites for hydroxylation is 2. The third kappa shape index (κ3) is 2.48. The topological polar surface area (TPSA) is 85.8 Å². The van der Waals surface area contributed by atoms with Crippen LogP contribution >= 0.6 is 0 Å². The Morgan fingerprint density at radius 1 is 1.50 bits per heavy atom. The minimum absolute atomic E-state index is 0.254. The number of aromatic nitrogens is 3. The molecule has 0 unspecified atom stereocenters. The van der Waals surface area contributed by atoms with E-state index in [-0.39, 0.29) is 5.91 Å². The van der Waals surface area contributed by atoms with Crippen molar-refractivity contribution in [3.8, 4) is 0 Å². The standard InChI is InChI=1S/C12H15N5O/c1-8-4-3-5-9(16-8)6-14-12(18)11-10(13)7-15-17(11)2/h3-5,7H,6,13H2,1-2H3,(H,14,18). The molecule has 6 heteroatoms. The predicted octanol–water partition coefficient (Wildman–Crippen LogP) is 0.636. The van der Waals surface area contributed by atoms with E-state index in [9.17, 15) is 4.79 Å². The maximum absolute atomic E-state index is 11.9. The molecule has 3 N–H and O–H groups in total. The lowest BCUT2D eigenvalue weighted by Crippen LogP contribution is -2.26. The van der Waals surface area contributed by atoms with Crippen LogP contribution in [0.15, 0.2) is 24.4 Å². The molecule has 0 bridgehead atoms. The Balaban J connectivity index is 2.05. The summed E-state index contributed by atoms with van der Waals surface area (Å²) in [6.07, 6.45) is 1.46. The Labute approximate surface area is 105 Å². The summed E-state index contributed by atoms with van der Waals surface area (Å²) in [5.74, 6) is -0.254. The Morgan fingerprint density at radius 2 is 2.28 bits per heavy atom. The van der Waals surface area contributed by atoms with E-state index >= 15 is 0 Å². The molecule has 0 fully saturated rings. The monoisotopic (exact) mass is 245 g/mol. The van der Waals surface area contributed by atoms with E-state index in [0.29, 0.717) is 17.9 Å². The predicted molar refractivity (Wildman–Crippen MR) is 67.8 cm³/mol. The lowest BCUT2D eigenvalue weighted by molar-refractivity contribution is 0.0942. The second-order valence-electron chi connectivity index (χ2n) is 4.03. The molecule has 2 rings (SSSR count). The molecular weight excluding hydrogens is 230 g/mol. The van der Waals surface area contributed by atoms with E-state index in [4.69, 9.17) is 5.73 Å². The molecule has 2 aromatic rings. The smallest absolute Gasteiger partial charge is 0.272 e. The lowest BCUT2D eigenvalue weighted by atomic mass is 10.3. The zero-order chi connectivity index (χ0) is 13.1. The summed E-state index contributed by atoms with van der Waals surface area (Å²) < 4.78 is 1.45. The first kappa shape index (κ1) is 12.1. The molecule has 0 aliphatic rings. The zero-order valence-electron chi connectivity index (χ0n) is 10.3. The van der Waals surface area contributed by atoms with Crippen LogP contribution in [-0.2, 0) is 13.6 Å². The largest absolute Gasteiger partial charge is 0.396 e. The highest BCUT2D eigenvalue weighted by atomic mass is 16.2. The third-order valence-corrected chi connectivity index (χ3v) is 2.56. The van der Waals surface area contributed by atoms with Gasteiger partial charge in [-0.05, 0) is 19.1 Å². The van der Waals surface area contributed by atoms with Gasteiger partial charge in [0.2, 0.25) is 0 Å². The van der Waals surface area contributed by atoms with Crippen molar-refractivity contribution >= 4 is 11.6 Å². The first-order valence-electron chi connectivity index (χ1n) is 5.56. The number of rotatable bonds is 3. The van der Waals surface area contributed by atoms with Crippen LogP contribution < -0.4 is 11.1 Å². The molecule has 0 saturated heterocycles. The number of pyridine rings is 1. The first-order chi connectivity index (χ1) is 8.58. The molecule has 0 aliphatic heterocycles. The second-order valence-corrected chi connectivity index (χ2v) is 4.03. The summed E-state index contributed by atoms with van der Waals surface area (Å²) in [5.41, 5.74) is 8.13. The Hall–Kier alpha value is -2.37. The molecular formula is C12H15N5O. The van der Waals surface area contributed by atoms with Crippen LogP contribution in [-0.4, -0.2) is 20.7 Å². The van der Waals surface area contributed by atoms with Crippen molar-refractivity contribution in [2.24, 2.45) is 7.05 Å². The van der Waals surface area contributed by atoms with Gasteiger partial charge in [0.1, 0.15) is 5.69 Å². The van der Waals surface area contributed by atoms with Crippen molar-refractivity contribution < 1.29 is 4.79 Å². The first-order valence-corrected chi connectivity index (χ1v) is 5.56. The highest BCUT2D eigenvalue weighted by Gasteiger charge is 2.14. The number of nitrogens with two attached hydrogens (primary N) is 1. The van der Waals surface area contributed by atoms with Crippen LogP contribution in [0.4, 0.5) is 5.69 Å². The summed E-state index contributed by atoms with van der Waals surface area (Å²) in [4.78, 5) is 16.2. The number of amides is 1. The van der Waals surface area contributed by atoms with Crippen molar-refractivity contribution in [1.29, 1.82) is 0 Å². The molecule has 0 saturated carbocycles. The van der Waals surface area contributed by atoms with Crippen LogP contribution in [0.5, 0.6) is 0 Å². The number of carbonyl (C=O) groups is 1. The summed E-state index contributed by atoms with van der Waals surface area (Å²) in [7, 11) is 1.68. The molecule has 0 radical (unpaired) electrons. The van der Waals surface area contributed by atoms with E-state index in [2.05, 4.69) is 15.4 Å². The van der Waals surface area contributed by atoms with Gasteiger partial charge in [0.05, 0.1) is 24.1 Å². The number of nitrogens with zero attached hydrogens (tertiary/aromatic N) is 3. The maximum Gasteiger partial charge on any atom is 0.272 e. The number of carbonyl (C=O) groups excluding carboxylic acids is 1. The zero-order valence-corrected chi connectivity index (χ0v) is 10.3. The molecule has 0 atom stereocenters. The van der Waals surface area contributed by atoms with E-state index in [0.717, 1.165) is 11.4 Å². The van der Waals surface area contributed by atoms with Crippen molar-refractivity contribution in [2.75, 3.05) is 5.73 Å². The Bertz CT molecular complexity index is 556. The fourth-order valence-corrected chi connectivity index (χ4v) is 1.69. The fraction of sp³-hybridized carbons (Fsp3) is 0.250. The molecule has 2 heterocycles. The SMILES string of the molecule is Cc1cccc(CNC(=O)c2c(N)cnn2C)n1. The summed E-state index contributed by atoms with van der Waals surface area (Å²) in [6.45, 7) is 2.27. The third-order valence-electron chi connectivity index (χ3n) is 2.56. The fourth-order valence-electron chi connectivity index (χ4n) is 1.69. The van der Waals surface area contributed by atoms with Crippen LogP contribution in [0, 0.1) is 6.92 Å². The Morgan fingerprint density at radius 3 is 2.89 bits per heavy atom. The summed E-state index contributed by atoms with van der Waals surface area (Å²) in [5, 5.41) is 6.69. The van der Waals surface area contributed by atoms with Gasteiger partial charge in [-0.3, -0.25) is 14.5 Å². The minimum atomic E-state index is -0.254. The van der Waals surface area contributed by atoms with Crippen molar-refractivity contribution in [3.63, 3.8) is 0 Å². The highest BCUT2D eigenvalue weighted by molar-refractivity contribution is 5.97. The molecule has 0 aromatic carbocycles. The maximum atomic E-state index is 11.9. The number of nitrogen functional groups attached to an aromatic ring is 1. The molecule has 18 heavy (non-hydrogen) atoms. The molecule has 2 aromatic heterocycles. The van der Waals surface area contributed by atoms with Crippen molar-refractivity contribution in [3.05, 3.63) is 41.5 Å². The van der Waals surface area contributed by atoms with E-state index < -0.39 is 0 Å². The average Bonchev–Trinajstić information content (AvgIpc) is 2.66. The van der Waals surface area contributed by atoms with Crippen molar-refractivity contribution in [2.45, 2.75) is 13.5 Å². The van der Waals surface area contributed by atoms with Crippen LogP contribution in [0.1, 0.15) is 21.9 Å². The van der Waals surface area contributed by atoms with Gasteiger partial charge in [0, 0.05) is 12.7 Å². The molecule has 94 valence electrons. The summed E-state index contributed by atoms with van der Waals surface area (Å²) in [6, 6.07) is 5.67. The Kier molecular flexibility index (Phi) is 3.27. The lowest BCUT2D eigenvalue weighted by Gasteiger charge is -2.06. The van der Waals surface area contributed by atoms with Crippen LogP contribution in [0.25, 0.3) is 0 Å². The number of hydrogen-bond donors (Lipinski definition) is 2. The van der Waals surface area contributed by atoms with Gasteiger partial charge in [0.25, 0.3) is 5.91 Å².